The van der Waals surface area contributed by atoms with Gasteiger partial charge in [-0.3, -0.25) is 0 Å². The zero-order chi connectivity index (χ0) is 11.4. The van der Waals surface area contributed by atoms with Crippen LogP contribution in [0.1, 0.15) is 20.8 Å². The summed E-state index contributed by atoms with van der Waals surface area (Å²) in [5, 5.41) is 0.659. The summed E-state index contributed by atoms with van der Waals surface area (Å²) < 4.78 is 0.956. The molecule has 0 radical (unpaired) electrons. The Kier molecular flexibility index (Phi) is 4.87. The van der Waals surface area contributed by atoms with E-state index in [1.165, 1.54) is 0 Å². The van der Waals surface area contributed by atoms with Crippen LogP contribution >= 0.6 is 27.5 Å². The fraction of sp³-hybridized carbons (Fsp3) is 0.545. The molecular weight excluding hydrogens is 275 g/mol. The highest BCUT2D eigenvalue weighted by Crippen LogP contribution is 2.26. The van der Waals surface area contributed by atoms with Gasteiger partial charge in [0.1, 0.15) is 5.82 Å². The van der Waals surface area contributed by atoms with Gasteiger partial charge in [0, 0.05) is 19.3 Å². The Hall–Kier alpha value is -0.280. The molecule has 0 aliphatic heterocycles. The number of hydrogen-bond acceptors (Lipinski definition) is 2. The number of aromatic nitrogens is 1. The fourth-order valence-electron chi connectivity index (χ4n) is 1.45. The molecule has 0 atom stereocenters. The van der Waals surface area contributed by atoms with Crippen LogP contribution in [-0.4, -0.2) is 18.1 Å². The maximum absolute atomic E-state index is 5.86. The van der Waals surface area contributed by atoms with Gasteiger partial charge in [-0.2, -0.15) is 0 Å². The molecule has 2 nitrogen and oxygen atoms in total. The summed E-state index contributed by atoms with van der Waals surface area (Å²) in [7, 11) is 0. The van der Waals surface area contributed by atoms with E-state index < -0.39 is 0 Å². The molecule has 0 aromatic carbocycles. The van der Waals surface area contributed by atoms with Gasteiger partial charge in [0.25, 0.3) is 0 Å². The van der Waals surface area contributed by atoms with Crippen LogP contribution in [0.25, 0.3) is 0 Å². The van der Waals surface area contributed by atoms with Gasteiger partial charge in [-0.25, -0.2) is 4.98 Å². The molecule has 0 spiro atoms. The average Bonchev–Trinajstić information content (AvgIpc) is 2.14. The number of hydrogen-bond donors (Lipinski definition) is 0. The van der Waals surface area contributed by atoms with Crippen LogP contribution in [0.15, 0.2) is 16.7 Å². The third kappa shape index (κ3) is 3.65. The SMILES string of the molecule is CCN(CC(C)C)c1ncc(Cl)cc1Br. The quantitative estimate of drug-likeness (QED) is 0.834. The monoisotopic (exact) mass is 290 g/mol. The molecule has 0 aliphatic carbocycles. The van der Waals surface area contributed by atoms with Crippen molar-refractivity contribution in [2.75, 3.05) is 18.0 Å². The lowest BCUT2D eigenvalue weighted by molar-refractivity contribution is 0.614. The Balaban J connectivity index is 2.91. The lowest BCUT2D eigenvalue weighted by atomic mass is 10.2. The minimum Gasteiger partial charge on any atom is -0.356 e. The lowest BCUT2D eigenvalue weighted by Gasteiger charge is -2.24. The molecule has 0 saturated carbocycles. The maximum atomic E-state index is 5.86. The van der Waals surface area contributed by atoms with E-state index >= 15 is 0 Å². The van der Waals surface area contributed by atoms with Crippen molar-refractivity contribution in [1.82, 2.24) is 4.98 Å². The van der Waals surface area contributed by atoms with Crippen LogP contribution in [0.5, 0.6) is 0 Å². The van der Waals surface area contributed by atoms with Crippen molar-refractivity contribution in [3.8, 4) is 0 Å². The number of pyridine rings is 1. The standard InChI is InChI=1S/C11H16BrClN2/c1-4-15(7-8(2)3)11-10(12)5-9(13)6-14-11/h5-6,8H,4,7H2,1-3H3. The van der Waals surface area contributed by atoms with Gasteiger partial charge in [-0.05, 0) is 34.8 Å². The topological polar surface area (TPSA) is 16.1 Å². The number of halogens is 2. The summed E-state index contributed by atoms with van der Waals surface area (Å²) in [6, 6.07) is 1.88. The Morgan fingerprint density at radius 1 is 1.53 bits per heavy atom. The Morgan fingerprint density at radius 3 is 2.67 bits per heavy atom. The van der Waals surface area contributed by atoms with Crippen LogP contribution in [0, 0.1) is 5.92 Å². The Labute approximate surface area is 105 Å². The molecule has 0 bridgehead atoms. The highest BCUT2D eigenvalue weighted by molar-refractivity contribution is 9.10. The number of nitrogens with zero attached hydrogens (tertiary/aromatic N) is 2. The normalized spacial score (nSPS) is 10.8. The minimum atomic E-state index is 0.620. The van der Waals surface area contributed by atoms with Gasteiger partial charge in [0.05, 0.1) is 9.50 Å². The van der Waals surface area contributed by atoms with Crippen molar-refractivity contribution in [3.63, 3.8) is 0 Å². The smallest absolute Gasteiger partial charge is 0.142 e. The molecular formula is C11H16BrClN2. The summed E-state index contributed by atoms with van der Waals surface area (Å²) >= 11 is 9.35. The van der Waals surface area contributed by atoms with Crippen molar-refractivity contribution in [2.45, 2.75) is 20.8 Å². The first-order valence-corrected chi connectivity index (χ1v) is 6.27. The summed E-state index contributed by atoms with van der Waals surface area (Å²) in [6.45, 7) is 8.49. The number of anilines is 1. The third-order valence-electron chi connectivity index (χ3n) is 2.06. The largest absolute Gasteiger partial charge is 0.356 e. The van der Waals surface area contributed by atoms with Crippen LogP contribution in [-0.2, 0) is 0 Å². The second kappa shape index (κ2) is 5.71. The maximum Gasteiger partial charge on any atom is 0.142 e. The third-order valence-corrected chi connectivity index (χ3v) is 2.85. The van der Waals surface area contributed by atoms with Gasteiger partial charge in [0.2, 0.25) is 0 Å². The lowest BCUT2D eigenvalue weighted by Crippen LogP contribution is -2.28. The zero-order valence-corrected chi connectivity index (χ0v) is 11.6. The summed E-state index contributed by atoms with van der Waals surface area (Å²) in [5.41, 5.74) is 0. The van der Waals surface area contributed by atoms with Gasteiger partial charge in [0.15, 0.2) is 0 Å². The molecule has 0 fully saturated rings. The molecule has 1 aromatic rings. The van der Waals surface area contributed by atoms with E-state index in [9.17, 15) is 0 Å². The van der Waals surface area contributed by atoms with Gasteiger partial charge >= 0.3 is 0 Å². The molecule has 1 heterocycles. The van der Waals surface area contributed by atoms with Crippen molar-refractivity contribution >= 4 is 33.3 Å². The van der Waals surface area contributed by atoms with E-state index in [4.69, 9.17) is 11.6 Å². The first-order valence-electron chi connectivity index (χ1n) is 5.10. The Morgan fingerprint density at radius 2 is 2.20 bits per heavy atom. The van der Waals surface area contributed by atoms with E-state index in [-0.39, 0.29) is 0 Å². The molecule has 1 rings (SSSR count). The first kappa shape index (κ1) is 12.8. The molecule has 0 aliphatic rings. The summed E-state index contributed by atoms with van der Waals surface area (Å²) in [4.78, 5) is 6.59. The van der Waals surface area contributed by atoms with Gasteiger partial charge in [-0.15, -0.1) is 0 Å². The molecule has 0 amide bonds. The van der Waals surface area contributed by atoms with Crippen molar-refractivity contribution in [1.29, 1.82) is 0 Å². The van der Waals surface area contributed by atoms with E-state index in [2.05, 4.69) is 46.6 Å². The molecule has 15 heavy (non-hydrogen) atoms. The van der Waals surface area contributed by atoms with Crippen LogP contribution < -0.4 is 4.90 Å². The molecule has 1 aromatic heterocycles. The summed E-state index contributed by atoms with van der Waals surface area (Å²) in [5.74, 6) is 1.59. The molecule has 0 N–H and O–H groups in total. The Bertz CT molecular complexity index is 328. The predicted molar refractivity (Wildman–Crippen MR) is 69.7 cm³/mol. The van der Waals surface area contributed by atoms with E-state index in [0.717, 1.165) is 23.4 Å². The van der Waals surface area contributed by atoms with E-state index in [1.807, 2.05) is 6.07 Å². The minimum absolute atomic E-state index is 0.620. The van der Waals surface area contributed by atoms with Crippen LogP contribution in [0.2, 0.25) is 5.02 Å². The van der Waals surface area contributed by atoms with E-state index in [0.29, 0.717) is 10.9 Å². The van der Waals surface area contributed by atoms with Gasteiger partial charge < -0.3 is 4.90 Å². The molecule has 0 unspecified atom stereocenters. The predicted octanol–water partition coefficient (Wildman–Crippen LogP) is 3.98. The van der Waals surface area contributed by atoms with Crippen molar-refractivity contribution < 1.29 is 0 Å². The van der Waals surface area contributed by atoms with Gasteiger partial charge in [-0.1, -0.05) is 25.4 Å². The first-order chi connectivity index (χ1) is 7.04. The number of rotatable bonds is 4. The van der Waals surface area contributed by atoms with Crippen molar-refractivity contribution in [2.24, 2.45) is 5.92 Å². The van der Waals surface area contributed by atoms with E-state index in [1.54, 1.807) is 6.20 Å². The second-order valence-electron chi connectivity index (χ2n) is 3.89. The van der Waals surface area contributed by atoms with Crippen molar-refractivity contribution in [3.05, 3.63) is 21.8 Å². The molecule has 4 heteroatoms. The summed E-state index contributed by atoms with van der Waals surface area (Å²) in [6.07, 6.45) is 1.69. The van der Waals surface area contributed by atoms with Crippen LogP contribution in [0.3, 0.4) is 0 Å². The second-order valence-corrected chi connectivity index (χ2v) is 5.18. The fourth-order valence-corrected chi connectivity index (χ4v) is 2.34. The molecule has 0 saturated heterocycles. The highest BCUT2D eigenvalue weighted by Gasteiger charge is 2.11. The molecule has 84 valence electrons. The average molecular weight is 292 g/mol. The van der Waals surface area contributed by atoms with Crippen LogP contribution in [0.4, 0.5) is 5.82 Å². The highest BCUT2D eigenvalue weighted by atomic mass is 79.9. The zero-order valence-electron chi connectivity index (χ0n) is 9.30.